The summed E-state index contributed by atoms with van der Waals surface area (Å²) in [6.45, 7) is 2.00. The molecule has 1 aromatic heterocycles. The molecule has 4 heteroatoms. The number of carbonyl (C=O) groups is 1. The van der Waals surface area contributed by atoms with Gasteiger partial charge in [0.25, 0.3) is 0 Å². The Morgan fingerprint density at radius 2 is 2.08 bits per heavy atom. The number of allylic oxidation sites excluding steroid dienone is 1. The van der Waals surface area contributed by atoms with Crippen LogP contribution < -0.4 is 0 Å². The summed E-state index contributed by atoms with van der Waals surface area (Å²) in [4.78, 5) is 12.6. The number of nitrogens with zero attached hydrogens (tertiary/aromatic N) is 2. The van der Waals surface area contributed by atoms with Crippen LogP contribution in [0, 0.1) is 11.8 Å². The van der Waals surface area contributed by atoms with Gasteiger partial charge in [-0.15, -0.1) is 0 Å². The first-order chi connectivity index (χ1) is 11.6. The minimum atomic E-state index is -0.335. The van der Waals surface area contributed by atoms with Gasteiger partial charge in [-0.2, -0.15) is 5.10 Å². The Balaban J connectivity index is 2.01. The maximum Gasteiger partial charge on any atom is 0.165 e. The lowest BCUT2D eigenvalue weighted by Gasteiger charge is -2.49. The Bertz CT molecular complexity index is 821. The van der Waals surface area contributed by atoms with E-state index in [1.54, 1.807) is 0 Å². The summed E-state index contributed by atoms with van der Waals surface area (Å²) in [6, 6.07) is 10.4. The Kier molecular flexibility index (Phi) is 3.37. The number of aliphatic hydroxyl groups is 1. The highest BCUT2D eigenvalue weighted by Crippen LogP contribution is 2.55. The van der Waals surface area contributed by atoms with Gasteiger partial charge in [-0.25, -0.2) is 0 Å². The minimum absolute atomic E-state index is 0.0773. The van der Waals surface area contributed by atoms with Gasteiger partial charge in [0.15, 0.2) is 5.78 Å². The number of aromatic nitrogens is 2. The molecule has 1 heterocycles. The number of hydrogen-bond donors (Lipinski definition) is 1. The van der Waals surface area contributed by atoms with E-state index in [-0.39, 0.29) is 23.0 Å². The molecule has 4 rings (SSSR count). The number of aliphatic hydroxyl groups excluding tert-OH is 1. The molecular weight excluding hydrogens is 300 g/mol. The number of carbonyl (C=O) groups excluding carboxylic acids is 1. The van der Waals surface area contributed by atoms with Crippen molar-refractivity contribution >= 4 is 5.78 Å². The largest absolute Gasteiger partial charge is 0.515 e. The lowest BCUT2D eigenvalue weighted by atomic mass is 9.52. The van der Waals surface area contributed by atoms with Gasteiger partial charge in [0.1, 0.15) is 0 Å². The molecule has 1 fully saturated rings. The molecule has 0 amide bonds. The van der Waals surface area contributed by atoms with Crippen LogP contribution in [-0.4, -0.2) is 20.7 Å². The lowest BCUT2D eigenvalue weighted by molar-refractivity contribution is -0.123. The molecule has 2 aliphatic rings. The smallest absolute Gasteiger partial charge is 0.165 e. The van der Waals surface area contributed by atoms with E-state index >= 15 is 0 Å². The van der Waals surface area contributed by atoms with Gasteiger partial charge in [-0.05, 0) is 36.3 Å². The van der Waals surface area contributed by atoms with Crippen molar-refractivity contribution in [2.75, 3.05) is 0 Å². The highest BCUT2D eigenvalue weighted by atomic mass is 16.2. The van der Waals surface area contributed by atoms with E-state index in [1.165, 1.54) is 11.1 Å². The Hall–Kier alpha value is -2.36. The number of fused-ring (bicyclic) bond motifs is 3. The zero-order valence-corrected chi connectivity index (χ0v) is 14.1. The Morgan fingerprint density at radius 3 is 2.79 bits per heavy atom. The molecule has 2 aliphatic carbocycles. The van der Waals surface area contributed by atoms with Crippen LogP contribution in [0.5, 0.6) is 0 Å². The standard InChI is InChI=1S/C20H22N2O2/c1-13-17-9-8-14-11-22(2)21-19(14)20(17,10-15(12-23)18(13)24)16-6-4-3-5-7-16/h3-7,11-13,17,23H,8-10H2,1-2H3/b15-12-/t13-,17-,20+/m0/s1. The number of aryl methyl sites for hydroxylation is 2. The third kappa shape index (κ3) is 1.92. The van der Waals surface area contributed by atoms with Crippen LogP contribution >= 0.6 is 0 Å². The van der Waals surface area contributed by atoms with Crippen LogP contribution in [0.15, 0.2) is 48.4 Å². The second-order valence-electron chi connectivity index (χ2n) is 7.14. The maximum absolute atomic E-state index is 12.6. The van der Waals surface area contributed by atoms with Crippen LogP contribution in [0.2, 0.25) is 0 Å². The molecule has 0 bridgehead atoms. The predicted octanol–water partition coefficient (Wildman–Crippen LogP) is 3.32. The van der Waals surface area contributed by atoms with Crippen molar-refractivity contribution in [1.82, 2.24) is 9.78 Å². The van der Waals surface area contributed by atoms with E-state index in [9.17, 15) is 9.90 Å². The fraction of sp³-hybridized carbons (Fsp3) is 0.400. The number of rotatable bonds is 1. The summed E-state index contributed by atoms with van der Waals surface area (Å²) in [5.41, 5.74) is 3.70. The molecule has 0 aliphatic heterocycles. The van der Waals surface area contributed by atoms with Gasteiger partial charge in [0.2, 0.25) is 0 Å². The molecule has 24 heavy (non-hydrogen) atoms. The normalized spacial score (nSPS) is 30.9. The number of ketones is 1. The van der Waals surface area contributed by atoms with Gasteiger partial charge >= 0.3 is 0 Å². The highest BCUT2D eigenvalue weighted by molar-refractivity contribution is 5.98. The monoisotopic (exact) mass is 322 g/mol. The fourth-order valence-corrected chi connectivity index (χ4v) is 4.88. The summed E-state index contributed by atoms with van der Waals surface area (Å²) in [5.74, 6) is 0.166. The quantitative estimate of drug-likeness (QED) is 0.647. The van der Waals surface area contributed by atoms with Gasteiger partial charge in [-0.3, -0.25) is 9.48 Å². The summed E-state index contributed by atoms with van der Waals surface area (Å²) in [6.07, 6.45) is 5.55. The van der Waals surface area contributed by atoms with Crippen LogP contribution in [-0.2, 0) is 23.7 Å². The third-order valence-electron chi connectivity index (χ3n) is 5.93. The summed E-state index contributed by atoms with van der Waals surface area (Å²) in [7, 11) is 1.95. The van der Waals surface area contributed by atoms with Gasteiger partial charge < -0.3 is 5.11 Å². The summed E-state index contributed by atoms with van der Waals surface area (Å²) >= 11 is 0. The third-order valence-corrected chi connectivity index (χ3v) is 5.93. The fourth-order valence-electron chi connectivity index (χ4n) is 4.88. The lowest BCUT2D eigenvalue weighted by Crippen LogP contribution is -2.50. The topological polar surface area (TPSA) is 55.1 Å². The number of Topliss-reactive ketones (excluding diaryl/α,β-unsaturated/α-hetero) is 1. The van der Waals surface area contributed by atoms with E-state index in [0.717, 1.165) is 24.8 Å². The second-order valence-corrected chi connectivity index (χ2v) is 7.14. The van der Waals surface area contributed by atoms with Crippen LogP contribution in [0.4, 0.5) is 0 Å². The predicted molar refractivity (Wildman–Crippen MR) is 91.7 cm³/mol. The molecule has 0 spiro atoms. The van der Waals surface area contributed by atoms with E-state index in [4.69, 9.17) is 5.10 Å². The molecule has 124 valence electrons. The Labute approximate surface area is 141 Å². The van der Waals surface area contributed by atoms with Crippen molar-refractivity contribution in [3.05, 3.63) is 65.2 Å². The summed E-state index contributed by atoms with van der Waals surface area (Å²) < 4.78 is 1.88. The first kappa shape index (κ1) is 15.2. The first-order valence-corrected chi connectivity index (χ1v) is 8.54. The molecule has 1 aromatic carbocycles. The first-order valence-electron chi connectivity index (χ1n) is 8.54. The van der Waals surface area contributed by atoms with Crippen molar-refractivity contribution in [2.24, 2.45) is 18.9 Å². The maximum atomic E-state index is 12.6. The van der Waals surface area contributed by atoms with Gasteiger partial charge in [0.05, 0.1) is 12.0 Å². The zero-order chi connectivity index (χ0) is 16.9. The molecule has 1 saturated carbocycles. The molecule has 2 aromatic rings. The van der Waals surface area contributed by atoms with E-state index in [2.05, 4.69) is 18.3 Å². The summed E-state index contributed by atoms with van der Waals surface area (Å²) in [5, 5.41) is 14.5. The molecule has 1 N–H and O–H groups in total. The van der Waals surface area contributed by atoms with Crippen LogP contribution in [0.1, 0.15) is 36.6 Å². The minimum Gasteiger partial charge on any atom is -0.515 e. The number of benzene rings is 1. The Morgan fingerprint density at radius 1 is 1.33 bits per heavy atom. The second kappa shape index (κ2) is 5.33. The van der Waals surface area contributed by atoms with Crippen LogP contribution in [0.25, 0.3) is 0 Å². The molecule has 3 atom stereocenters. The molecule has 0 radical (unpaired) electrons. The SMILES string of the molecule is C[C@@H]1C(=O)/C(=C\O)C[C@]2(c3ccccc3)c3nn(C)cc3CC[C@@H]12. The molecular formula is C20H22N2O2. The van der Waals surface area contributed by atoms with Crippen molar-refractivity contribution < 1.29 is 9.90 Å². The van der Waals surface area contributed by atoms with Crippen molar-refractivity contribution in [2.45, 2.75) is 31.6 Å². The average Bonchev–Trinajstić information content (AvgIpc) is 2.99. The van der Waals surface area contributed by atoms with Crippen molar-refractivity contribution in [3.63, 3.8) is 0 Å². The van der Waals surface area contributed by atoms with E-state index < -0.39 is 0 Å². The zero-order valence-electron chi connectivity index (χ0n) is 14.1. The molecule has 0 saturated heterocycles. The van der Waals surface area contributed by atoms with E-state index in [1.807, 2.05) is 36.9 Å². The van der Waals surface area contributed by atoms with Crippen LogP contribution in [0.3, 0.4) is 0 Å². The van der Waals surface area contributed by atoms with Crippen molar-refractivity contribution in [3.8, 4) is 0 Å². The average molecular weight is 322 g/mol. The highest BCUT2D eigenvalue weighted by Gasteiger charge is 2.55. The van der Waals surface area contributed by atoms with Gasteiger partial charge in [-0.1, -0.05) is 37.3 Å². The van der Waals surface area contributed by atoms with Crippen molar-refractivity contribution in [1.29, 1.82) is 0 Å². The van der Waals surface area contributed by atoms with Gasteiger partial charge in [0, 0.05) is 30.2 Å². The molecule has 4 nitrogen and oxygen atoms in total. The number of hydrogen-bond acceptors (Lipinski definition) is 3. The molecule has 0 unspecified atom stereocenters. The van der Waals surface area contributed by atoms with E-state index in [0.29, 0.717) is 12.0 Å².